The Balaban J connectivity index is 1.57. The van der Waals surface area contributed by atoms with Crippen LogP contribution in [0.15, 0.2) is 48.8 Å². The van der Waals surface area contributed by atoms with Crippen LogP contribution in [0.2, 0.25) is 0 Å². The van der Waals surface area contributed by atoms with Crippen LogP contribution >= 0.6 is 7.75 Å². The second-order valence-electron chi connectivity index (χ2n) is 9.74. The van der Waals surface area contributed by atoms with Crippen molar-refractivity contribution in [3.63, 3.8) is 0 Å². The van der Waals surface area contributed by atoms with Gasteiger partial charge in [-0.25, -0.2) is 19.2 Å². The van der Waals surface area contributed by atoms with Gasteiger partial charge in [0.2, 0.25) is 5.60 Å². The first-order chi connectivity index (χ1) is 19.0. The van der Waals surface area contributed by atoms with E-state index in [4.69, 9.17) is 24.3 Å². The summed E-state index contributed by atoms with van der Waals surface area (Å²) in [5.74, 6) is -0.171. The van der Waals surface area contributed by atoms with Crippen molar-refractivity contribution in [2.75, 3.05) is 25.5 Å². The summed E-state index contributed by atoms with van der Waals surface area (Å²) in [6.45, 7) is 4.35. The van der Waals surface area contributed by atoms with Crippen molar-refractivity contribution in [1.29, 1.82) is 5.26 Å². The van der Waals surface area contributed by atoms with Crippen molar-refractivity contribution < 1.29 is 38.1 Å². The van der Waals surface area contributed by atoms with Crippen LogP contribution in [0.5, 0.6) is 5.75 Å². The maximum atomic E-state index is 13.8. The number of hydrogen-bond acceptors (Lipinski definition) is 12. The van der Waals surface area contributed by atoms with E-state index in [0.717, 1.165) is 0 Å². The van der Waals surface area contributed by atoms with Crippen LogP contribution in [0.4, 0.5) is 5.82 Å². The number of carbonyl (C=O) groups excluding carboxylic acids is 1. The summed E-state index contributed by atoms with van der Waals surface area (Å²) in [6.07, 6.45) is -3.49. The molecule has 0 saturated carbocycles. The molecule has 0 amide bonds. The lowest BCUT2D eigenvalue weighted by molar-refractivity contribution is -0.152. The van der Waals surface area contributed by atoms with Gasteiger partial charge in [-0.1, -0.05) is 18.2 Å². The van der Waals surface area contributed by atoms with Crippen molar-refractivity contribution in [3.05, 3.63) is 54.5 Å². The predicted octanol–water partition coefficient (Wildman–Crippen LogP) is 1.53. The third-order valence-electron chi connectivity index (χ3n) is 6.41. The van der Waals surface area contributed by atoms with Crippen molar-refractivity contribution in [1.82, 2.24) is 19.7 Å². The summed E-state index contributed by atoms with van der Waals surface area (Å²) in [5, 5.41) is 38.7. The van der Waals surface area contributed by atoms with Gasteiger partial charge in [0.05, 0.1) is 24.3 Å². The highest BCUT2D eigenvalue weighted by molar-refractivity contribution is 7.52. The molecule has 0 bridgehead atoms. The molecule has 1 fully saturated rings. The standard InChI is InChI=1S/C25H31N6O8P/c1-4-36-23(34)24(2,3)14-30-40(35,39-16-8-6-5-7-9-16)37-12-18-20(32)21(33)25(13-26,38-18)19-11-10-17-22(27)28-15-29-31(17)19/h5-11,15,18,20-21,32-33H,4,12,14H2,1-3H3,(H,30,35)(H2,27,28,29)/t18-,20-,21-,25+,40?/m1/s1. The summed E-state index contributed by atoms with van der Waals surface area (Å²) in [4.78, 5) is 16.3. The number of nitrogen functional groups attached to an aromatic ring is 1. The molecule has 0 aliphatic carbocycles. The van der Waals surface area contributed by atoms with Gasteiger partial charge < -0.3 is 29.9 Å². The van der Waals surface area contributed by atoms with E-state index < -0.39 is 49.7 Å². The number of anilines is 1. The number of hydrogen-bond donors (Lipinski definition) is 4. The summed E-state index contributed by atoms with van der Waals surface area (Å²) in [7, 11) is -4.21. The molecule has 1 saturated heterocycles. The van der Waals surface area contributed by atoms with Crippen molar-refractivity contribution in [2.45, 2.75) is 44.7 Å². The number of benzene rings is 1. The van der Waals surface area contributed by atoms with Crippen LogP contribution in [-0.2, 0) is 29.0 Å². The van der Waals surface area contributed by atoms with Crippen LogP contribution in [0.1, 0.15) is 26.5 Å². The number of nitrogens with one attached hydrogen (secondary N) is 1. The Bertz CT molecular complexity index is 1440. The smallest absolute Gasteiger partial charge is 0.458 e. The fourth-order valence-electron chi connectivity index (χ4n) is 4.14. The molecule has 1 aliphatic heterocycles. The van der Waals surface area contributed by atoms with Gasteiger partial charge in [0.15, 0.2) is 5.82 Å². The van der Waals surface area contributed by atoms with E-state index in [9.17, 15) is 24.8 Å². The van der Waals surface area contributed by atoms with Crippen LogP contribution in [0.25, 0.3) is 5.52 Å². The van der Waals surface area contributed by atoms with Gasteiger partial charge in [0.1, 0.15) is 42.0 Å². The van der Waals surface area contributed by atoms with E-state index in [1.807, 2.05) is 6.07 Å². The minimum Gasteiger partial charge on any atom is -0.466 e. The molecular formula is C25H31N6O8P. The summed E-state index contributed by atoms with van der Waals surface area (Å²) < 4.78 is 37.4. The third-order valence-corrected chi connectivity index (χ3v) is 7.89. The normalized spacial score (nSPS) is 24.4. The molecule has 1 aliphatic rings. The maximum absolute atomic E-state index is 13.8. The molecule has 5 N–H and O–H groups in total. The van der Waals surface area contributed by atoms with E-state index in [0.29, 0.717) is 5.52 Å². The fraction of sp³-hybridized carbons (Fsp3) is 0.440. The summed E-state index contributed by atoms with van der Waals surface area (Å²) >= 11 is 0. The number of rotatable bonds is 11. The molecule has 4 rings (SSSR count). The highest BCUT2D eigenvalue weighted by atomic mass is 31.2. The number of carbonyl (C=O) groups is 1. The second kappa shape index (κ2) is 11.5. The van der Waals surface area contributed by atoms with Crippen molar-refractivity contribution in [2.24, 2.45) is 5.41 Å². The number of para-hydroxylation sites is 1. The Morgan fingerprint density at radius 3 is 2.70 bits per heavy atom. The zero-order valence-electron chi connectivity index (χ0n) is 22.1. The first-order valence-electron chi connectivity index (χ1n) is 12.4. The average molecular weight is 575 g/mol. The molecule has 15 heteroatoms. The lowest BCUT2D eigenvalue weighted by Gasteiger charge is -2.27. The third kappa shape index (κ3) is 5.66. The van der Waals surface area contributed by atoms with E-state index in [1.165, 1.54) is 16.9 Å². The highest BCUT2D eigenvalue weighted by Gasteiger charge is 2.58. The zero-order chi connectivity index (χ0) is 29.1. The molecule has 1 aromatic carbocycles. The molecule has 0 spiro atoms. The predicted molar refractivity (Wildman–Crippen MR) is 141 cm³/mol. The number of nitrogens with zero attached hydrogens (tertiary/aromatic N) is 4. The SMILES string of the molecule is CCOC(=O)C(C)(C)CNP(=O)(OC[C@H]1O[C@@](C#N)(c2ccc3c(N)ncnn23)[C@H](O)[C@@H]1O)Oc1ccccc1. The highest BCUT2D eigenvalue weighted by Crippen LogP contribution is 2.47. The fourth-order valence-corrected chi connectivity index (χ4v) is 5.68. The van der Waals surface area contributed by atoms with Gasteiger partial charge >= 0.3 is 13.7 Å². The molecular weight excluding hydrogens is 543 g/mol. The molecule has 1 unspecified atom stereocenters. The van der Waals surface area contributed by atoms with Crippen LogP contribution in [-0.4, -0.2) is 68.9 Å². The minimum absolute atomic E-state index is 0.103. The van der Waals surface area contributed by atoms with Gasteiger partial charge in [0.25, 0.3) is 0 Å². The Hall–Kier alpha value is -3.57. The molecule has 214 valence electrons. The molecule has 2 aromatic heterocycles. The number of nitriles is 1. The van der Waals surface area contributed by atoms with E-state index >= 15 is 0 Å². The number of esters is 1. The molecule has 3 heterocycles. The van der Waals surface area contributed by atoms with Crippen molar-refractivity contribution >= 4 is 25.1 Å². The topological polar surface area (TPSA) is 204 Å². The molecule has 14 nitrogen and oxygen atoms in total. The Labute approximate surface area is 230 Å². The van der Waals surface area contributed by atoms with E-state index in [2.05, 4.69) is 15.2 Å². The van der Waals surface area contributed by atoms with Gasteiger partial charge in [-0.2, -0.15) is 10.4 Å². The number of nitrogens with two attached hydrogens (primary N) is 1. The number of aromatic nitrogens is 3. The summed E-state index contributed by atoms with van der Waals surface area (Å²) in [5.41, 5.74) is 3.20. The molecule has 40 heavy (non-hydrogen) atoms. The number of aliphatic hydroxyl groups excluding tert-OH is 2. The van der Waals surface area contributed by atoms with E-state index in [1.54, 1.807) is 57.2 Å². The zero-order valence-corrected chi connectivity index (χ0v) is 23.0. The Morgan fingerprint density at radius 2 is 2.02 bits per heavy atom. The van der Waals surface area contributed by atoms with Crippen molar-refractivity contribution in [3.8, 4) is 11.8 Å². The molecule has 3 aromatic rings. The Morgan fingerprint density at radius 1 is 1.30 bits per heavy atom. The van der Waals surface area contributed by atoms with E-state index in [-0.39, 0.29) is 30.4 Å². The Kier molecular flexibility index (Phi) is 8.46. The minimum atomic E-state index is -4.21. The molecule has 0 radical (unpaired) electrons. The second-order valence-corrected chi connectivity index (χ2v) is 11.5. The lowest BCUT2D eigenvalue weighted by atomic mass is 9.92. The molecule has 5 atom stereocenters. The van der Waals surface area contributed by atoms with Crippen LogP contribution in [0.3, 0.4) is 0 Å². The largest absolute Gasteiger partial charge is 0.466 e. The monoisotopic (exact) mass is 574 g/mol. The summed E-state index contributed by atoms with van der Waals surface area (Å²) in [6, 6.07) is 13.2. The van der Waals surface area contributed by atoms with Crippen LogP contribution < -0.4 is 15.3 Å². The van der Waals surface area contributed by atoms with Crippen LogP contribution in [0, 0.1) is 16.7 Å². The number of fused-ring (bicyclic) bond motifs is 1. The van der Waals surface area contributed by atoms with Gasteiger partial charge in [-0.3, -0.25) is 9.32 Å². The lowest BCUT2D eigenvalue weighted by Crippen LogP contribution is -2.41. The first kappa shape index (κ1) is 29.4. The quantitative estimate of drug-likeness (QED) is 0.190. The number of ether oxygens (including phenoxy) is 2. The maximum Gasteiger partial charge on any atom is 0.458 e. The van der Waals surface area contributed by atoms with Gasteiger partial charge in [-0.05, 0) is 45.0 Å². The number of aliphatic hydroxyl groups is 2. The van der Waals surface area contributed by atoms with Gasteiger partial charge in [0, 0.05) is 6.54 Å². The average Bonchev–Trinajstić information content (AvgIpc) is 3.48. The van der Waals surface area contributed by atoms with Gasteiger partial charge in [-0.15, -0.1) is 0 Å². The first-order valence-corrected chi connectivity index (χ1v) is 14.0.